The van der Waals surface area contributed by atoms with Crippen molar-refractivity contribution in [3.8, 4) is 0 Å². The van der Waals surface area contributed by atoms with Crippen LogP contribution in [0.2, 0.25) is 0 Å². The summed E-state index contributed by atoms with van der Waals surface area (Å²) in [7, 11) is 0. The molecule has 44 valence electrons. The quantitative estimate of drug-likeness (QED) is 0.387. The minimum atomic E-state index is -0.179. The van der Waals surface area contributed by atoms with Crippen LogP contribution >= 0.6 is 0 Å². The number of hydrogen-bond acceptors (Lipinski definition) is 2. The molecule has 2 fully saturated rings. The van der Waals surface area contributed by atoms with Gasteiger partial charge in [0.15, 0.2) is 0 Å². The smallest absolute Gasteiger partial charge is 0.201 e. The zero-order valence-corrected chi connectivity index (χ0v) is 4.59. The number of ether oxygens (including phenoxy) is 2. The highest BCUT2D eigenvalue weighted by Crippen LogP contribution is 2.49. The highest BCUT2D eigenvalue weighted by molar-refractivity contribution is 5.05. The lowest BCUT2D eigenvalue weighted by molar-refractivity contribution is -0.0653. The van der Waals surface area contributed by atoms with E-state index in [1.165, 1.54) is 0 Å². The van der Waals surface area contributed by atoms with Crippen molar-refractivity contribution >= 4 is 0 Å². The van der Waals surface area contributed by atoms with Crippen LogP contribution in [0.3, 0.4) is 0 Å². The second-order valence-electron chi connectivity index (χ2n) is 2.22. The first kappa shape index (κ1) is 4.53. The van der Waals surface area contributed by atoms with Gasteiger partial charge in [-0.15, -0.1) is 6.58 Å². The summed E-state index contributed by atoms with van der Waals surface area (Å²) in [4.78, 5) is 0. The first-order valence-electron chi connectivity index (χ1n) is 2.80. The Morgan fingerprint density at radius 2 is 2.75 bits per heavy atom. The van der Waals surface area contributed by atoms with Crippen molar-refractivity contribution in [1.82, 2.24) is 0 Å². The van der Waals surface area contributed by atoms with Crippen LogP contribution in [0.4, 0.5) is 0 Å². The molecule has 0 N–H and O–H groups in total. The molecular weight excluding hydrogens is 104 g/mol. The standard InChI is InChI=1S/C6H8O2/c1-2-3-6-5(8-6)4-7-6/h2,5H,1,3-4H2. The molecule has 2 nitrogen and oxygen atoms in total. The maximum atomic E-state index is 5.16. The first-order valence-corrected chi connectivity index (χ1v) is 2.80. The van der Waals surface area contributed by atoms with Crippen LogP contribution in [0.25, 0.3) is 0 Å². The predicted molar refractivity (Wildman–Crippen MR) is 28.4 cm³/mol. The fourth-order valence-electron chi connectivity index (χ4n) is 1.05. The molecule has 2 unspecified atom stereocenters. The van der Waals surface area contributed by atoms with Gasteiger partial charge in [0, 0.05) is 6.42 Å². The summed E-state index contributed by atoms with van der Waals surface area (Å²) in [5.41, 5.74) is 0. The topological polar surface area (TPSA) is 21.8 Å². The lowest BCUT2D eigenvalue weighted by Crippen LogP contribution is -2.32. The van der Waals surface area contributed by atoms with E-state index < -0.39 is 0 Å². The monoisotopic (exact) mass is 112 g/mol. The number of rotatable bonds is 2. The summed E-state index contributed by atoms with van der Waals surface area (Å²) in [5, 5.41) is 0. The molecule has 2 aliphatic heterocycles. The maximum absolute atomic E-state index is 5.16. The normalized spacial score (nSPS) is 49.2. The Morgan fingerprint density at radius 1 is 1.88 bits per heavy atom. The van der Waals surface area contributed by atoms with Gasteiger partial charge in [0.25, 0.3) is 0 Å². The summed E-state index contributed by atoms with van der Waals surface area (Å²) in [6, 6.07) is 0. The van der Waals surface area contributed by atoms with Gasteiger partial charge < -0.3 is 9.47 Å². The molecule has 2 aliphatic rings. The number of fused-ring (bicyclic) bond motifs is 1. The highest BCUT2D eigenvalue weighted by Gasteiger charge is 2.65. The van der Waals surface area contributed by atoms with Crippen LogP contribution in [-0.4, -0.2) is 18.5 Å². The fraction of sp³-hybridized carbons (Fsp3) is 0.667. The first-order chi connectivity index (χ1) is 3.87. The zero-order valence-electron chi connectivity index (χ0n) is 4.59. The summed E-state index contributed by atoms with van der Waals surface area (Å²) in [6.07, 6.45) is 3.08. The SMILES string of the molecule is C=CCC12OCC1O2. The predicted octanol–water partition coefficient (Wildman–Crippen LogP) is 0.688. The van der Waals surface area contributed by atoms with Crippen molar-refractivity contribution in [3.63, 3.8) is 0 Å². The molecule has 2 rings (SSSR count). The van der Waals surface area contributed by atoms with Crippen molar-refractivity contribution in [2.75, 3.05) is 6.61 Å². The van der Waals surface area contributed by atoms with Crippen LogP contribution < -0.4 is 0 Å². The Bertz CT molecular complexity index is 128. The largest absolute Gasteiger partial charge is 0.344 e. The molecule has 2 heterocycles. The summed E-state index contributed by atoms with van der Waals surface area (Å²) in [5.74, 6) is -0.179. The maximum Gasteiger partial charge on any atom is 0.201 e. The minimum Gasteiger partial charge on any atom is -0.344 e. The van der Waals surface area contributed by atoms with E-state index in [4.69, 9.17) is 9.47 Å². The van der Waals surface area contributed by atoms with E-state index in [1.54, 1.807) is 0 Å². The molecule has 0 aliphatic carbocycles. The van der Waals surface area contributed by atoms with Gasteiger partial charge in [-0.1, -0.05) is 6.08 Å². The van der Waals surface area contributed by atoms with E-state index in [-0.39, 0.29) is 5.79 Å². The molecule has 0 bridgehead atoms. The van der Waals surface area contributed by atoms with E-state index in [0.29, 0.717) is 6.10 Å². The van der Waals surface area contributed by atoms with Crippen LogP contribution in [0, 0.1) is 0 Å². The molecule has 2 saturated heterocycles. The van der Waals surface area contributed by atoms with Gasteiger partial charge >= 0.3 is 0 Å². The molecule has 0 aromatic carbocycles. The van der Waals surface area contributed by atoms with Gasteiger partial charge in [0.2, 0.25) is 5.79 Å². The Hall–Kier alpha value is -0.340. The summed E-state index contributed by atoms with van der Waals surface area (Å²) in [6.45, 7) is 4.38. The van der Waals surface area contributed by atoms with Gasteiger partial charge in [-0.3, -0.25) is 0 Å². The third-order valence-corrected chi connectivity index (χ3v) is 1.68. The molecule has 0 spiro atoms. The van der Waals surface area contributed by atoms with Crippen molar-refractivity contribution in [3.05, 3.63) is 12.7 Å². The van der Waals surface area contributed by atoms with Gasteiger partial charge in [-0.05, 0) is 0 Å². The average Bonchev–Trinajstić information content (AvgIpc) is 2.19. The van der Waals surface area contributed by atoms with E-state index in [2.05, 4.69) is 6.58 Å². The number of epoxide rings is 1. The Morgan fingerprint density at radius 3 is 2.88 bits per heavy atom. The molecule has 2 atom stereocenters. The molecule has 0 amide bonds. The van der Waals surface area contributed by atoms with E-state index in [9.17, 15) is 0 Å². The van der Waals surface area contributed by atoms with Crippen LogP contribution in [0.5, 0.6) is 0 Å². The minimum absolute atomic E-state index is 0.179. The molecule has 0 aromatic rings. The Kier molecular flexibility index (Phi) is 0.648. The van der Waals surface area contributed by atoms with Crippen molar-refractivity contribution in [2.45, 2.75) is 18.3 Å². The van der Waals surface area contributed by atoms with Gasteiger partial charge in [-0.25, -0.2) is 0 Å². The van der Waals surface area contributed by atoms with E-state index in [0.717, 1.165) is 13.0 Å². The summed E-state index contributed by atoms with van der Waals surface area (Å²) < 4.78 is 10.3. The second kappa shape index (κ2) is 1.14. The lowest BCUT2D eigenvalue weighted by Gasteiger charge is -2.17. The lowest BCUT2D eigenvalue weighted by atomic mass is 10.1. The Labute approximate surface area is 48.1 Å². The number of hydrogen-bond donors (Lipinski definition) is 0. The molecule has 2 heteroatoms. The van der Waals surface area contributed by atoms with Crippen molar-refractivity contribution < 1.29 is 9.47 Å². The highest BCUT2D eigenvalue weighted by atomic mass is 16.8. The van der Waals surface area contributed by atoms with Crippen LogP contribution in [0.15, 0.2) is 12.7 Å². The van der Waals surface area contributed by atoms with Crippen molar-refractivity contribution in [2.24, 2.45) is 0 Å². The second-order valence-corrected chi connectivity index (χ2v) is 2.22. The third-order valence-electron chi connectivity index (χ3n) is 1.68. The van der Waals surface area contributed by atoms with E-state index in [1.807, 2.05) is 6.08 Å². The Balaban J connectivity index is 1.97. The third kappa shape index (κ3) is 0.353. The fourth-order valence-corrected chi connectivity index (χ4v) is 1.05. The van der Waals surface area contributed by atoms with Gasteiger partial charge in [0.1, 0.15) is 6.10 Å². The molecule has 0 aromatic heterocycles. The zero-order chi connectivity index (χ0) is 5.61. The van der Waals surface area contributed by atoms with Crippen molar-refractivity contribution in [1.29, 1.82) is 0 Å². The van der Waals surface area contributed by atoms with Gasteiger partial charge in [0.05, 0.1) is 6.61 Å². The molecule has 0 saturated carbocycles. The molecular formula is C6H8O2. The molecule has 8 heavy (non-hydrogen) atoms. The molecule has 0 radical (unpaired) electrons. The van der Waals surface area contributed by atoms with Gasteiger partial charge in [-0.2, -0.15) is 0 Å². The average molecular weight is 112 g/mol. The van der Waals surface area contributed by atoms with Crippen LogP contribution in [0.1, 0.15) is 6.42 Å². The van der Waals surface area contributed by atoms with E-state index >= 15 is 0 Å². The summed E-state index contributed by atoms with van der Waals surface area (Å²) >= 11 is 0. The van der Waals surface area contributed by atoms with Crippen LogP contribution in [-0.2, 0) is 9.47 Å².